The van der Waals surface area contributed by atoms with Crippen molar-refractivity contribution in [3.63, 3.8) is 0 Å². The highest BCUT2D eigenvalue weighted by atomic mass is 19.4. The van der Waals surface area contributed by atoms with Crippen LogP contribution in [-0.2, 0) is 6.42 Å². The molecule has 0 radical (unpaired) electrons. The molecular formula is C19H16F3N3O2. The van der Waals surface area contributed by atoms with E-state index in [-0.39, 0.29) is 23.0 Å². The Morgan fingerprint density at radius 2 is 2.04 bits per heavy atom. The Balaban J connectivity index is 1.64. The van der Waals surface area contributed by atoms with Gasteiger partial charge in [-0.25, -0.2) is 4.79 Å². The third-order valence-electron chi connectivity index (χ3n) is 4.19. The van der Waals surface area contributed by atoms with Gasteiger partial charge in [0, 0.05) is 5.69 Å². The van der Waals surface area contributed by atoms with Gasteiger partial charge in [0.15, 0.2) is 6.61 Å². The molecular weight excluding hydrogens is 359 g/mol. The van der Waals surface area contributed by atoms with Gasteiger partial charge in [-0.2, -0.15) is 18.4 Å². The van der Waals surface area contributed by atoms with E-state index in [4.69, 9.17) is 5.26 Å². The predicted octanol–water partition coefficient (Wildman–Crippen LogP) is 4.31. The number of alkyl halides is 3. The number of rotatable bonds is 4. The third-order valence-corrected chi connectivity index (χ3v) is 4.19. The number of amides is 2. The number of benzene rings is 2. The highest BCUT2D eigenvalue weighted by molar-refractivity contribution is 5.90. The molecule has 3 rings (SSSR count). The van der Waals surface area contributed by atoms with Crippen molar-refractivity contribution in [3.05, 3.63) is 59.2 Å². The van der Waals surface area contributed by atoms with E-state index in [0.29, 0.717) is 0 Å². The summed E-state index contributed by atoms with van der Waals surface area (Å²) in [5.41, 5.74) is 2.46. The lowest BCUT2D eigenvalue weighted by Crippen LogP contribution is -2.31. The molecule has 0 heterocycles. The number of nitriles is 1. The summed E-state index contributed by atoms with van der Waals surface area (Å²) in [5.74, 6) is -0.189. The van der Waals surface area contributed by atoms with Gasteiger partial charge in [0.05, 0.1) is 11.6 Å². The number of halogens is 3. The molecule has 8 heteroatoms. The predicted molar refractivity (Wildman–Crippen MR) is 92.4 cm³/mol. The average Bonchev–Trinajstić information content (AvgIpc) is 3.02. The number of carbonyl (C=O) groups excluding carboxylic acids is 1. The molecule has 1 atom stereocenters. The van der Waals surface area contributed by atoms with Crippen molar-refractivity contribution in [2.75, 3.05) is 11.9 Å². The first-order valence-corrected chi connectivity index (χ1v) is 8.25. The summed E-state index contributed by atoms with van der Waals surface area (Å²) in [4.78, 5) is 12.2. The zero-order valence-corrected chi connectivity index (χ0v) is 14.1. The maximum Gasteiger partial charge on any atom is 0.422 e. The Morgan fingerprint density at radius 3 is 2.78 bits per heavy atom. The lowest BCUT2D eigenvalue weighted by atomic mass is 10.1. The second kappa shape index (κ2) is 7.58. The van der Waals surface area contributed by atoms with Crippen molar-refractivity contribution in [2.45, 2.75) is 25.1 Å². The second-order valence-electron chi connectivity index (χ2n) is 6.12. The van der Waals surface area contributed by atoms with E-state index < -0.39 is 18.8 Å². The molecule has 27 heavy (non-hydrogen) atoms. The van der Waals surface area contributed by atoms with Crippen LogP contribution in [0, 0.1) is 11.3 Å². The summed E-state index contributed by atoms with van der Waals surface area (Å²) in [6, 6.07) is 12.9. The van der Waals surface area contributed by atoms with Crippen molar-refractivity contribution in [3.8, 4) is 11.8 Å². The monoisotopic (exact) mass is 375 g/mol. The topological polar surface area (TPSA) is 74.2 Å². The van der Waals surface area contributed by atoms with Gasteiger partial charge in [-0.3, -0.25) is 0 Å². The summed E-state index contributed by atoms with van der Waals surface area (Å²) in [6.07, 6.45) is -2.83. The Morgan fingerprint density at radius 1 is 1.26 bits per heavy atom. The minimum Gasteiger partial charge on any atom is -0.483 e. The fourth-order valence-electron chi connectivity index (χ4n) is 3.01. The van der Waals surface area contributed by atoms with Crippen molar-refractivity contribution in [1.82, 2.24) is 5.32 Å². The molecule has 0 bridgehead atoms. The molecule has 0 unspecified atom stereocenters. The summed E-state index contributed by atoms with van der Waals surface area (Å²) < 4.78 is 41.4. The van der Waals surface area contributed by atoms with Crippen LogP contribution < -0.4 is 15.4 Å². The van der Waals surface area contributed by atoms with E-state index in [0.717, 1.165) is 18.4 Å². The Labute approximate surface area is 153 Å². The SMILES string of the molecule is N#Cc1cc(NC(=O)N[C@H]2CCc3ccccc32)ccc1OCC(F)(F)F. The average molecular weight is 375 g/mol. The van der Waals surface area contributed by atoms with Gasteiger partial charge in [0.2, 0.25) is 0 Å². The van der Waals surface area contributed by atoms with Gasteiger partial charge in [-0.05, 0) is 42.2 Å². The zero-order valence-electron chi connectivity index (χ0n) is 14.1. The number of ether oxygens (including phenoxy) is 1. The van der Waals surface area contributed by atoms with Crippen LogP contribution in [0.3, 0.4) is 0 Å². The number of hydrogen-bond acceptors (Lipinski definition) is 3. The Kier molecular flexibility index (Phi) is 5.21. The van der Waals surface area contributed by atoms with Gasteiger partial charge in [0.1, 0.15) is 11.8 Å². The molecule has 0 saturated heterocycles. The number of aryl methyl sites for hydroxylation is 1. The standard InChI is InChI=1S/C19H16F3N3O2/c20-19(21,22)11-27-17-8-6-14(9-13(17)10-23)24-18(26)25-16-7-5-12-3-1-2-4-15(12)16/h1-4,6,8-9,16H,5,7,11H2,(H2,24,25,26)/t16-/m0/s1. The number of hydrogen-bond donors (Lipinski definition) is 2. The summed E-state index contributed by atoms with van der Waals surface area (Å²) in [5, 5.41) is 14.6. The molecule has 0 aromatic heterocycles. The molecule has 1 aliphatic rings. The van der Waals surface area contributed by atoms with Crippen LogP contribution in [0.1, 0.15) is 29.2 Å². The van der Waals surface area contributed by atoms with Crippen LogP contribution in [0.15, 0.2) is 42.5 Å². The number of carbonyl (C=O) groups is 1. The molecule has 0 aliphatic heterocycles. The molecule has 0 spiro atoms. The summed E-state index contributed by atoms with van der Waals surface area (Å²) in [7, 11) is 0. The molecule has 2 amide bonds. The minimum absolute atomic E-state index is 0.0942. The first kappa shape index (κ1) is 18.6. The summed E-state index contributed by atoms with van der Waals surface area (Å²) in [6.45, 7) is -1.49. The number of nitrogens with one attached hydrogen (secondary N) is 2. The molecule has 0 fully saturated rings. The molecule has 0 saturated carbocycles. The maximum absolute atomic E-state index is 12.3. The van der Waals surface area contributed by atoms with E-state index in [2.05, 4.69) is 15.4 Å². The van der Waals surface area contributed by atoms with Crippen molar-refractivity contribution in [1.29, 1.82) is 5.26 Å². The highest BCUT2D eigenvalue weighted by Crippen LogP contribution is 2.31. The van der Waals surface area contributed by atoms with E-state index >= 15 is 0 Å². The number of fused-ring (bicyclic) bond motifs is 1. The molecule has 5 nitrogen and oxygen atoms in total. The largest absolute Gasteiger partial charge is 0.483 e. The Bertz CT molecular complexity index is 890. The number of urea groups is 1. The van der Waals surface area contributed by atoms with Crippen molar-refractivity contribution >= 4 is 11.7 Å². The smallest absolute Gasteiger partial charge is 0.422 e. The number of anilines is 1. The van der Waals surface area contributed by atoms with Crippen LogP contribution in [0.2, 0.25) is 0 Å². The zero-order chi connectivity index (χ0) is 19.4. The van der Waals surface area contributed by atoms with E-state index in [1.807, 2.05) is 24.3 Å². The fraction of sp³-hybridized carbons (Fsp3) is 0.263. The van der Waals surface area contributed by atoms with Crippen LogP contribution in [0.4, 0.5) is 23.7 Å². The normalized spacial score (nSPS) is 15.6. The fourth-order valence-corrected chi connectivity index (χ4v) is 3.01. The highest BCUT2D eigenvalue weighted by Gasteiger charge is 2.29. The van der Waals surface area contributed by atoms with Gasteiger partial charge in [-0.15, -0.1) is 0 Å². The number of nitrogens with zero attached hydrogens (tertiary/aromatic N) is 1. The van der Waals surface area contributed by atoms with Crippen LogP contribution in [0.25, 0.3) is 0 Å². The summed E-state index contributed by atoms with van der Waals surface area (Å²) >= 11 is 0. The molecule has 140 valence electrons. The lowest BCUT2D eigenvalue weighted by Gasteiger charge is -2.15. The molecule has 1 aliphatic carbocycles. The Hall–Kier alpha value is -3.21. The van der Waals surface area contributed by atoms with Crippen molar-refractivity contribution in [2.24, 2.45) is 0 Å². The van der Waals surface area contributed by atoms with Gasteiger partial charge >= 0.3 is 12.2 Å². The van der Waals surface area contributed by atoms with E-state index in [1.165, 1.54) is 23.8 Å². The van der Waals surface area contributed by atoms with Gasteiger partial charge in [-0.1, -0.05) is 24.3 Å². The second-order valence-corrected chi connectivity index (χ2v) is 6.12. The maximum atomic E-state index is 12.3. The lowest BCUT2D eigenvalue weighted by molar-refractivity contribution is -0.153. The quantitative estimate of drug-likeness (QED) is 0.836. The van der Waals surface area contributed by atoms with Gasteiger partial charge in [0.25, 0.3) is 0 Å². The third kappa shape index (κ3) is 4.70. The van der Waals surface area contributed by atoms with E-state index in [1.54, 1.807) is 6.07 Å². The molecule has 2 aromatic carbocycles. The van der Waals surface area contributed by atoms with Crippen molar-refractivity contribution < 1.29 is 22.7 Å². The van der Waals surface area contributed by atoms with Gasteiger partial charge < -0.3 is 15.4 Å². The minimum atomic E-state index is -4.50. The van der Waals surface area contributed by atoms with Crippen LogP contribution in [-0.4, -0.2) is 18.8 Å². The van der Waals surface area contributed by atoms with Crippen LogP contribution >= 0.6 is 0 Å². The molecule has 2 N–H and O–H groups in total. The first-order valence-electron chi connectivity index (χ1n) is 8.25. The first-order chi connectivity index (χ1) is 12.9. The van der Waals surface area contributed by atoms with E-state index in [9.17, 15) is 18.0 Å². The molecule has 2 aromatic rings. The van der Waals surface area contributed by atoms with Crippen LogP contribution in [0.5, 0.6) is 5.75 Å².